The quantitative estimate of drug-likeness (QED) is 0.775. The van der Waals surface area contributed by atoms with Crippen LogP contribution >= 0.6 is 0 Å². The number of aliphatic imine (C=N–C) groups is 2. The molecule has 3 heterocycles. The molecule has 0 aliphatic carbocycles. The van der Waals surface area contributed by atoms with E-state index in [4.69, 9.17) is 9.73 Å². The molecule has 2 aliphatic rings. The zero-order valence-electron chi connectivity index (χ0n) is 16.3. The molecule has 1 fully saturated rings. The Bertz CT molecular complexity index is 926. The van der Waals surface area contributed by atoms with Crippen molar-refractivity contribution in [3.63, 3.8) is 0 Å². The first-order valence-corrected chi connectivity index (χ1v) is 9.67. The van der Waals surface area contributed by atoms with Crippen LogP contribution < -0.4 is 4.74 Å². The van der Waals surface area contributed by atoms with Crippen LogP contribution in [0.5, 0.6) is 5.75 Å². The number of likely N-dealkylation sites (tertiary alicyclic amines) is 1. The lowest BCUT2D eigenvalue weighted by atomic mass is 9.92. The zero-order chi connectivity index (χ0) is 19.5. The Kier molecular flexibility index (Phi) is 6.42. The van der Waals surface area contributed by atoms with Crippen molar-refractivity contribution < 1.29 is 9.53 Å². The van der Waals surface area contributed by atoms with Gasteiger partial charge < -0.3 is 9.64 Å². The van der Waals surface area contributed by atoms with Gasteiger partial charge in [0.05, 0.1) is 12.7 Å². The summed E-state index contributed by atoms with van der Waals surface area (Å²) in [6, 6.07) is 11.9. The number of benzene rings is 1. The van der Waals surface area contributed by atoms with Gasteiger partial charge in [0.1, 0.15) is 0 Å². The number of aryl methyl sites for hydroxylation is 2. The van der Waals surface area contributed by atoms with Gasteiger partial charge in [-0.05, 0) is 44.9 Å². The van der Waals surface area contributed by atoms with E-state index in [1.165, 1.54) is 5.56 Å². The highest BCUT2D eigenvalue weighted by Gasteiger charge is 2.28. The van der Waals surface area contributed by atoms with E-state index in [-0.39, 0.29) is 13.5 Å². The first-order valence-electron chi connectivity index (χ1n) is 9.67. The first kappa shape index (κ1) is 20.7. The van der Waals surface area contributed by atoms with E-state index in [1.807, 2.05) is 19.1 Å². The second-order valence-electron chi connectivity index (χ2n) is 7.38. The number of amidine groups is 1. The van der Waals surface area contributed by atoms with E-state index in [2.05, 4.69) is 35.1 Å². The number of aromatic nitrogens is 1. The van der Waals surface area contributed by atoms with Crippen molar-refractivity contribution in [3.8, 4) is 5.75 Å². The Morgan fingerprint density at radius 3 is 2.62 bits per heavy atom. The Labute approximate surface area is 172 Å². The summed E-state index contributed by atoms with van der Waals surface area (Å²) < 4.78 is 5.43. The Morgan fingerprint density at radius 2 is 1.93 bits per heavy atom. The van der Waals surface area contributed by atoms with Gasteiger partial charge in [0.25, 0.3) is 0 Å². The van der Waals surface area contributed by atoms with E-state index >= 15 is 0 Å². The molecule has 0 radical (unpaired) electrons. The number of carbonyl (C=O) groups is 1. The summed E-state index contributed by atoms with van der Waals surface area (Å²) in [5, 5.41) is 0. The zero-order valence-corrected chi connectivity index (χ0v) is 16.3. The van der Waals surface area contributed by atoms with Gasteiger partial charge in [-0.3, -0.25) is 9.98 Å². The van der Waals surface area contributed by atoms with Crippen molar-refractivity contribution in [2.24, 2.45) is 15.9 Å². The van der Waals surface area contributed by atoms with Gasteiger partial charge >= 0.3 is 6.09 Å². The molecule has 0 unspecified atom stereocenters. The highest BCUT2D eigenvalue weighted by molar-refractivity contribution is 6.12. The van der Waals surface area contributed by atoms with Gasteiger partial charge in [0.15, 0.2) is 11.6 Å². The van der Waals surface area contributed by atoms with Crippen molar-refractivity contribution >= 4 is 17.6 Å². The molecule has 0 N–H and O–H groups in total. The minimum absolute atomic E-state index is 0. The normalized spacial score (nSPS) is 16.7. The minimum atomic E-state index is -0.311. The second kappa shape index (κ2) is 8.99. The van der Waals surface area contributed by atoms with Gasteiger partial charge in [-0.15, -0.1) is 0 Å². The minimum Gasteiger partial charge on any atom is -0.409 e. The fourth-order valence-electron chi connectivity index (χ4n) is 3.60. The van der Waals surface area contributed by atoms with Gasteiger partial charge in [-0.1, -0.05) is 31.2 Å². The molecule has 0 atom stereocenters. The molecule has 29 heavy (non-hydrogen) atoms. The Morgan fingerprint density at radius 1 is 1.14 bits per heavy atom. The summed E-state index contributed by atoms with van der Waals surface area (Å²) in [5.74, 6) is 1.68. The molecule has 6 nitrogen and oxygen atoms in total. The fraction of sp³-hybridized carbons (Fsp3) is 0.391. The number of rotatable bonds is 3. The Hall–Kier alpha value is -3.02. The SMILES string of the molecule is C.Cc1cccc(C2=NCC(C3CCN(C(=O)Oc4ccc(C)nc4)CC3)=N2)c1. The van der Waals surface area contributed by atoms with Crippen LogP contribution in [0.25, 0.3) is 0 Å². The molecule has 4 rings (SSSR count). The lowest BCUT2D eigenvalue weighted by Gasteiger charge is -2.31. The maximum Gasteiger partial charge on any atom is 0.415 e. The van der Waals surface area contributed by atoms with Crippen LogP contribution in [0.1, 0.15) is 37.1 Å². The van der Waals surface area contributed by atoms with Crippen molar-refractivity contribution in [3.05, 3.63) is 59.4 Å². The van der Waals surface area contributed by atoms with Crippen molar-refractivity contribution in [1.29, 1.82) is 0 Å². The standard InChI is InChI=1S/C22H24N4O2.CH4/c1-15-4-3-5-18(12-15)21-24-14-20(25-21)17-8-10-26(11-9-17)22(27)28-19-7-6-16(2)23-13-19;/h3-7,12-13,17H,8-11,14H2,1-2H3;1H4. The maximum absolute atomic E-state index is 12.4. The van der Waals surface area contributed by atoms with Gasteiger partial charge in [0.2, 0.25) is 0 Å². The molecule has 152 valence electrons. The molecular formula is C23H28N4O2. The lowest BCUT2D eigenvalue weighted by molar-refractivity contribution is 0.137. The average molecular weight is 393 g/mol. The van der Waals surface area contributed by atoms with Crippen LogP contribution in [0.4, 0.5) is 4.79 Å². The topological polar surface area (TPSA) is 67.2 Å². The van der Waals surface area contributed by atoms with E-state index in [0.717, 1.165) is 35.6 Å². The average Bonchev–Trinajstić information content (AvgIpc) is 3.20. The first-order chi connectivity index (χ1) is 13.6. The number of piperidine rings is 1. The number of hydrogen-bond acceptors (Lipinski definition) is 5. The molecule has 2 aliphatic heterocycles. The molecule has 0 saturated carbocycles. The number of carbonyl (C=O) groups excluding carboxylic acids is 1. The third-order valence-electron chi connectivity index (χ3n) is 5.23. The summed E-state index contributed by atoms with van der Waals surface area (Å²) in [7, 11) is 0. The predicted octanol–water partition coefficient (Wildman–Crippen LogP) is 4.45. The number of ether oxygens (including phenoxy) is 1. The van der Waals surface area contributed by atoms with Crippen molar-refractivity contribution in [2.45, 2.75) is 34.1 Å². The molecule has 1 saturated heterocycles. The molecule has 1 aromatic carbocycles. The van der Waals surface area contributed by atoms with Crippen LogP contribution in [0.2, 0.25) is 0 Å². The third-order valence-corrected chi connectivity index (χ3v) is 5.23. The third kappa shape index (κ3) is 4.88. The molecule has 1 aromatic heterocycles. The summed E-state index contributed by atoms with van der Waals surface area (Å²) in [5.41, 5.74) is 4.31. The second-order valence-corrected chi connectivity index (χ2v) is 7.38. The number of hydrogen-bond donors (Lipinski definition) is 0. The van der Waals surface area contributed by atoms with E-state index in [9.17, 15) is 4.79 Å². The number of nitrogens with zero attached hydrogens (tertiary/aromatic N) is 4. The van der Waals surface area contributed by atoms with Crippen LogP contribution in [0.3, 0.4) is 0 Å². The number of amides is 1. The van der Waals surface area contributed by atoms with Crippen LogP contribution in [0.15, 0.2) is 52.6 Å². The van der Waals surface area contributed by atoms with Crippen molar-refractivity contribution in [1.82, 2.24) is 9.88 Å². The summed E-state index contributed by atoms with van der Waals surface area (Å²) in [6.07, 6.45) is 3.04. The molecule has 6 heteroatoms. The highest BCUT2D eigenvalue weighted by Crippen LogP contribution is 2.23. The van der Waals surface area contributed by atoms with Crippen molar-refractivity contribution in [2.75, 3.05) is 19.6 Å². The fourth-order valence-corrected chi connectivity index (χ4v) is 3.60. The van der Waals surface area contributed by atoms with Crippen LogP contribution in [-0.4, -0.2) is 47.2 Å². The van der Waals surface area contributed by atoms with E-state index < -0.39 is 0 Å². The van der Waals surface area contributed by atoms with Crippen LogP contribution in [-0.2, 0) is 0 Å². The van der Waals surface area contributed by atoms with Gasteiger partial charge in [-0.2, -0.15) is 0 Å². The molecule has 1 amide bonds. The highest BCUT2D eigenvalue weighted by atomic mass is 16.6. The molecule has 2 aromatic rings. The summed E-state index contributed by atoms with van der Waals surface area (Å²) in [6.45, 7) is 5.97. The molecule has 0 spiro atoms. The lowest BCUT2D eigenvalue weighted by Crippen LogP contribution is -2.41. The number of pyridine rings is 1. The summed E-state index contributed by atoms with van der Waals surface area (Å²) in [4.78, 5) is 27.7. The Balaban J connectivity index is 0.00000240. The monoisotopic (exact) mass is 392 g/mol. The summed E-state index contributed by atoms with van der Waals surface area (Å²) >= 11 is 0. The smallest absolute Gasteiger partial charge is 0.409 e. The maximum atomic E-state index is 12.4. The van der Waals surface area contributed by atoms with Gasteiger partial charge in [-0.25, -0.2) is 9.79 Å². The van der Waals surface area contributed by atoms with E-state index in [0.29, 0.717) is 31.3 Å². The largest absolute Gasteiger partial charge is 0.415 e. The van der Waals surface area contributed by atoms with E-state index in [1.54, 1.807) is 17.2 Å². The van der Waals surface area contributed by atoms with Crippen LogP contribution in [0, 0.1) is 19.8 Å². The van der Waals surface area contributed by atoms with Gasteiger partial charge in [0, 0.05) is 36.0 Å². The molecular weight excluding hydrogens is 364 g/mol. The molecule has 0 bridgehead atoms. The predicted molar refractivity (Wildman–Crippen MR) is 116 cm³/mol.